The summed E-state index contributed by atoms with van der Waals surface area (Å²) in [5.41, 5.74) is 6.58. The molecule has 2 aromatic rings. The molecule has 84 valence electrons. The first-order valence-electron chi connectivity index (χ1n) is 4.91. The number of hydrogen-bond donors (Lipinski definition) is 2. The maximum atomic E-state index is 5.74. The summed E-state index contributed by atoms with van der Waals surface area (Å²) in [6.45, 7) is 4.20. The number of rotatable bonds is 3. The van der Waals surface area contributed by atoms with Crippen molar-refractivity contribution in [2.45, 2.75) is 20.4 Å². The zero-order valence-electron chi connectivity index (χ0n) is 9.19. The van der Waals surface area contributed by atoms with Gasteiger partial charge in [-0.25, -0.2) is 9.97 Å². The molecular formula is C10H13N5O. The Balaban J connectivity index is 2.15. The highest BCUT2D eigenvalue weighted by molar-refractivity contribution is 5.54. The van der Waals surface area contributed by atoms with E-state index in [1.807, 2.05) is 6.92 Å². The monoisotopic (exact) mass is 219 g/mol. The van der Waals surface area contributed by atoms with Crippen LogP contribution < -0.4 is 11.1 Å². The fraction of sp³-hybridized carbons (Fsp3) is 0.300. The lowest BCUT2D eigenvalue weighted by Gasteiger charge is -2.09. The van der Waals surface area contributed by atoms with Crippen molar-refractivity contribution >= 4 is 11.6 Å². The molecule has 0 fully saturated rings. The Morgan fingerprint density at radius 3 is 2.88 bits per heavy atom. The van der Waals surface area contributed by atoms with Crippen LogP contribution >= 0.6 is 0 Å². The summed E-state index contributed by atoms with van der Waals surface area (Å²) in [5, 5.41) is 6.75. The number of nitrogens with zero attached hydrogens (tertiary/aromatic N) is 3. The van der Waals surface area contributed by atoms with Crippen LogP contribution in [0.25, 0.3) is 0 Å². The summed E-state index contributed by atoms with van der Waals surface area (Å²) < 4.78 is 4.97. The van der Waals surface area contributed by atoms with E-state index in [0.717, 1.165) is 17.1 Å². The third kappa shape index (κ3) is 2.10. The maximum Gasteiger partial charge on any atom is 0.155 e. The van der Waals surface area contributed by atoms with Gasteiger partial charge in [0.1, 0.15) is 17.5 Å². The fourth-order valence-electron chi connectivity index (χ4n) is 1.33. The second-order valence-electron chi connectivity index (χ2n) is 3.46. The minimum atomic E-state index is 0.493. The van der Waals surface area contributed by atoms with E-state index in [2.05, 4.69) is 20.4 Å². The van der Waals surface area contributed by atoms with Gasteiger partial charge in [-0.05, 0) is 13.8 Å². The SMILES string of the molecule is Cc1nc(N)c(C)c(NCc2ccno2)n1. The molecule has 0 radical (unpaired) electrons. The molecule has 0 aliphatic carbocycles. The zero-order chi connectivity index (χ0) is 11.5. The lowest BCUT2D eigenvalue weighted by atomic mass is 10.3. The molecule has 2 aromatic heterocycles. The highest BCUT2D eigenvalue weighted by Gasteiger charge is 2.06. The number of nitrogen functional groups attached to an aromatic ring is 1. The van der Waals surface area contributed by atoms with Crippen LogP contribution in [0.2, 0.25) is 0 Å². The smallest absolute Gasteiger partial charge is 0.155 e. The van der Waals surface area contributed by atoms with Gasteiger partial charge in [-0.2, -0.15) is 0 Å². The highest BCUT2D eigenvalue weighted by atomic mass is 16.5. The molecule has 0 aliphatic heterocycles. The van der Waals surface area contributed by atoms with E-state index in [1.54, 1.807) is 19.2 Å². The minimum Gasteiger partial charge on any atom is -0.383 e. The van der Waals surface area contributed by atoms with Crippen LogP contribution in [-0.4, -0.2) is 15.1 Å². The van der Waals surface area contributed by atoms with Crippen LogP contribution in [0.5, 0.6) is 0 Å². The Labute approximate surface area is 92.9 Å². The molecule has 0 spiro atoms. The molecular weight excluding hydrogens is 206 g/mol. The molecule has 2 heterocycles. The molecule has 0 bridgehead atoms. The number of nitrogens with one attached hydrogen (secondary N) is 1. The highest BCUT2D eigenvalue weighted by Crippen LogP contribution is 2.17. The van der Waals surface area contributed by atoms with Crippen molar-refractivity contribution in [1.29, 1.82) is 0 Å². The summed E-state index contributed by atoms with van der Waals surface area (Å²) in [4.78, 5) is 8.34. The largest absolute Gasteiger partial charge is 0.383 e. The van der Waals surface area contributed by atoms with Crippen molar-refractivity contribution in [3.8, 4) is 0 Å². The molecule has 6 nitrogen and oxygen atoms in total. The third-order valence-electron chi connectivity index (χ3n) is 2.22. The quantitative estimate of drug-likeness (QED) is 0.808. The van der Waals surface area contributed by atoms with Crippen molar-refractivity contribution in [3.05, 3.63) is 29.4 Å². The van der Waals surface area contributed by atoms with Crippen LogP contribution in [0.15, 0.2) is 16.8 Å². The van der Waals surface area contributed by atoms with Crippen molar-refractivity contribution in [2.24, 2.45) is 0 Å². The second kappa shape index (κ2) is 4.18. The van der Waals surface area contributed by atoms with Crippen LogP contribution in [0, 0.1) is 13.8 Å². The second-order valence-corrected chi connectivity index (χ2v) is 3.46. The minimum absolute atomic E-state index is 0.493. The lowest BCUT2D eigenvalue weighted by Crippen LogP contribution is -2.07. The first kappa shape index (κ1) is 10.4. The van der Waals surface area contributed by atoms with Gasteiger partial charge in [0.05, 0.1) is 12.7 Å². The van der Waals surface area contributed by atoms with Gasteiger partial charge >= 0.3 is 0 Å². The van der Waals surface area contributed by atoms with Crippen molar-refractivity contribution in [2.75, 3.05) is 11.1 Å². The number of aryl methyl sites for hydroxylation is 1. The molecule has 0 saturated carbocycles. The first-order valence-corrected chi connectivity index (χ1v) is 4.91. The van der Waals surface area contributed by atoms with Gasteiger partial charge in [-0.3, -0.25) is 0 Å². The molecule has 0 atom stereocenters. The normalized spacial score (nSPS) is 10.4. The molecule has 0 amide bonds. The third-order valence-corrected chi connectivity index (χ3v) is 2.22. The van der Waals surface area contributed by atoms with Crippen molar-refractivity contribution in [1.82, 2.24) is 15.1 Å². The Morgan fingerprint density at radius 1 is 1.38 bits per heavy atom. The van der Waals surface area contributed by atoms with E-state index in [1.165, 1.54) is 0 Å². The molecule has 3 N–H and O–H groups in total. The number of hydrogen-bond acceptors (Lipinski definition) is 6. The predicted octanol–water partition coefficient (Wildman–Crippen LogP) is 1.28. The molecule has 6 heteroatoms. The van der Waals surface area contributed by atoms with E-state index in [0.29, 0.717) is 18.2 Å². The topological polar surface area (TPSA) is 89.9 Å². The Kier molecular flexibility index (Phi) is 2.72. The van der Waals surface area contributed by atoms with E-state index in [9.17, 15) is 0 Å². The Morgan fingerprint density at radius 2 is 2.19 bits per heavy atom. The van der Waals surface area contributed by atoms with E-state index < -0.39 is 0 Å². The van der Waals surface area contributed by atoms with Crippen LogP contribution in [0.1, 0.15) is 17.1 Å². The summed E-state index contributed by atoms with van der Waals surface area (Å²) in [5.74, 6) is 2.60. The van der Waals surface area contributed by atoms with Gasteiger partial charge in [-0.15, -0.1) is 0 Å². The van der Waals surface area contributed by atoms with Crippen LogP contribution in [0.3, 0.4) is 0 Å². The van der Waals surface area contributed by atoms with Gasteiger partial charge in [0, 0.05) is 11.6 Å². The van der Waals surface area contributed by atoms with Gasteiger partial charge in [0.25, 0.3) is 0 Å². The summed E-state index contributed by atoms with van der Waals surface area (Å²) in [6.07, 6.45) is 1.60. The molecule has 0 aromatic carbocycles. The van der Waals surface area contributed by atoms with E-state index in [4.69, 9.17) is 10.3 Å². The Hall–Kier alpha value is -2.11. The molecule has 0 saturated heterocycles. The number of aromatic nitrogens is 3. The molecule has 0 unspecified atom stereocenters. The number of nitrogens with two attached hydrogens (primary N) is 1. The summed E-state index contributed by atoms with van der Waals surface area (Å²) in [6, 6.07) is 1.79. The first-order chi connectivity index (χ1) is 7.66. The lowest BCUT2D eigenvalue weighted by molar-refractivity contribution is 0.388. The van der Waals surface area contributed by atoms with Crippen molar-refractivity contribution < 1.29 is 4.52 Å². The average Bonchev–Trinajstić information content (AvgIpc) is 2.74. The fourth-order valence-corrected chi connectivity index (χ4v) is 1.33. The molecule has 0 aliphatic rings. The predicted molar refractivity (Wildman–Crippen MR) is 59.7 cm³/mol. The Bertz CT molecular complexity index is 480. The number of anilines is 2. The zero-order valence-corrected chi connectivity index (χ0v) is 9.19. The molecule has 2 rings (SSSR count). The van der Waals surface area contributed by atoms with Crippen LogP contribution in [0.4, 0.5) is 11.6 Å². The van der Waals surface area contributed by atoms with Crippen molar-refractivity contribution in [3.63, 3.8) is 0 Å². The van der Waals surface area contributed by atoms with Crippen LogP contribution in [-0.2, 0) is 6.54 Å². The van der Waals surface area contributed by atoms with E-state index >= 15 is 0 Å². The van der Waals surface area contributed by atoms with E-state index in [-0.39, 0.29) is 0 Å². The summed E-state index contributed by atoms with van der Waals surface area (Å²) >= 11 is 0. The standard InChI is InChI=1S/C10H13N5O/c1-6-9(11)14-7(2)15-10(6)12-5-8-3-4-13-16-8/h3-4H,5H2,1-2H3,(H3,11,12,14,15). The maximum absolute atomic E-state index is 5.74. The van der Waals surface area contributed by atoms with Gasteiger partial charge < -0.3 is 15.6 Å². The van der Waals surface area contributed by atoms with Gasteiger partial charge in [-0.1, -0.05) is 5.16 Å². The summed E-state index contributed by atoms with van der Waals surface area (Å²) in [7, 11) is 0. The van der Waals surface area contributed by atoms with Gasteiger partial charge in [0.2, 0.25) is 0 Å². The average molecular weight is 219 g/mol. The van der Waals surface area contributed by atoms with Gasteiger partial charge in [0.15, 0.2) is 5.76 Å². The molecule has 16 heavy (non-hydrogen) atoms.